The van der Waals surface area contributed by atoms with Crippen LogP contribution in [0, 0.1) is 0 Å². The zero-order valence-corrected chi connectivity index (χ0v) is 12.1. The third-order valence-corrected chi connectivity index (χ3v) is 3.53. The zero-order chi connectivity index (χ0) is 15.1. The fraction of sp³-hybridized carbons (Fsp3) is 0.467. The molecule has 0 radical (unpaired) electrons. The minimum absolute atomic E-state index is 0.299. The molecule has 0 saturated heterocycles. The van der Waals surface area contributed by atoms with Gasteiger partial charge < -0.3 is 14.7 Å². The Morgan fingerprint density at radius 1 is 1.40 bits per heavy atom. The monoisotopic (exact) mass is 277 g/mol. The van der Waals surface area contributed by atoms with Gasteiger partial charge in [0.05, 0.1) is 0 Å². The molecule has 1 N–H and O–H groups in total. The van der Waals surface area contributed by atoms with Crippen LogP contribution in [0.25, 0.3) is 0 Å². The van der Waals surface area contributed by atoms with E-state index < -0.39 is 12.0 Å². The van der Waals surface area contributed by atoms with Crippen LogP contribution in [0.15, 0.2) is 18.2 Å². The Bertz CT molecular complexity index is 565. The number of carbonyl (C=O) groups excluding carboxylic acids is 1. The Morgan fingerprint density at radius 2 is 2.05 bits per heavy atom. The average molecular weight is 277 g/mol. The summed E-state index contributed by atoms with van der Waals surface area (Å²) < 4.78 is 5.89. The van der Waals surface area contributed by atoms with E-state index in [-0.39, 0.29) is 11.5 Å². The lowest BCUT2D eigenvalue weighted by Crippen LogP contribution is -2.34. The molecule has 1 aliphatic rings. The SMILES string of the molecule is CC(=O)N(C)C(C(=O)O)c1cccc2c1OC(C)(C)C2. The molecule has 1 unspecified atom stereocenters. The number of carbonyl (C=O) groups is 2. The largest absolute Gasteiger partial charge is 0.487 e. The van der Waals surface area contributed by atoms with Crippen molar-refractivity contribution in [2.45, 2.75) is 38.8 Å². The van der Waals surface area contributed by atoms with Gasteiger partial charge in [-0.15, -0.1) is 0 Å². The van der Waals surface area contributed by atoms with Crippen molar-refractivity contribution in [3.63, 3.8) is 0 Å². The van der Waals surface area contributed by atoms with Crippen molar-refractivity contribution in [3.8, 4) is 5.75 Å². The summed E-state index contributed by atoms with van der Waals surface area (Å²) in [4.78, 5) is 24.3. The first kappa shape index (κ1) is 14.4. The molecule has 108 valence electrons. The number of amides is 1. The lowest BCUT2D eigenvalue weighted by molar-refractivity contribution is -0.148. The maximum atomic E-state index is 11.6. The van der Waals surface area contributed by atoms with Crippen LogP contribution in [0.4, 0.5) is 0 Å². The van der Waals surface area contributed by atoms with Gasteiger partial charge in [0.1, 0.15) is 11.4 Å². The summed E-state index contributed by atoms with van der Waals surface area (Å²) >= 11 is 0. The first-order valence-corrected chi connectivity index (χ1v) is 6.50. The van der Waals surface area contributed by atoms with Gasteiger partial charge >= 0.3 is 5.97 Å². The maximum Gasteiger partial charge on any atom is 0.331 e. The second kappa shape index (κ2) is 4.81. The van der Waals surface area contributed by atoms with Gasteiger partial charge in [0.15, 0.2) is 6.04 Å². The van der Waals surface area contributed by atoms with E-state index in [1.807, 2.05) is 26.0 Å². The number of carboxylic acids is 1. The number of para-hydroxylation sites is 1. The zero-order valence-electron chi connectivity index (χ0n) is 12.1. The Morgan fingerprint density at radius 3 is 2.60 bits per heavy atom. The molecule has 0 bridgehead atoms. The Labute approximate surface area is 118 Å². The van der Waals surface area contributed by atoms with Crippen molar-refractivity contribution >= 4 is 11.9 Å². The Hall–Kier alpha value is -2.04. The summed E-state index contributed by atoms with van der Waals surface area (Å²) in [6, 6.07) is 4.41. The molecule has 0 saturated carbocycles. The molecular weight excluding hydrogens is 258 g/mol. The van der Waals surface area contributed by atoms with Crippen molar-refractivity contribution in [3.05, 3.63) is 29.3 Å². The molecule has 5 heteroatoms. The van der Waals surface area contributed by atoms with Crippen molar-refractivity contribution in [2.24, 2.45) is 0 Å². The molecule has 2 rings (SSSR count). The number of benzene rings is 1. The minimum Gasteiger partial charge on any atom is -0.487 e. The van der Waals surface area contributed by atoms with Gasteiger partial charge in [0.2, 0.25) is 5.91 Å². The van der Waals surface area contributed by atoms with Crippen molar-refractivity contribution < 1.29 is 19.4 Å². The van der Waals surface area contributed by atoms with Crippen LogP contribution in [-0.2, 0) is 16.0 Å². The predicted octanol–water partition coefficient (Wildman–Crippen LogP) is 2.00. The highest BCUT2D eigenvalue weighted by atomic mass is 16.5. The molecule has 1 aliphatic heterocycles. The number of nitrogens with zero attached hydrogens (tertiary/aromatic N) is 1. The summed E-state index contributed by atoms with van der Waals surface area (Å²) in [7, 11) is 1.49. The van der Waals surface area contributed by atoms with Crippen LogP contribution in [-0.4, -0.2) is 34.5 Å². The fourth-order valence-electron chi connectivity index (χ4n) is 2.54. The molecule has 0 spiro atoms. The summed E-state index contributed by atoms with van der Waals surface area (Å²) in [5.41, 5.74) is 1.16. The molecule has 5 nitrogen and oxygen atoms in total. The third-order valence-electron chi connectivity index (χ3n) is 3.53. The lowest BCUT2D eigenvalue weighted by atomic mass is 9.97. The van der Waals surface area contributed by atoms with Gasteiger partial charge in [-0.3, -0.25) is 4.79 Å². The second-order valence-corrected chi connectivity index (χ2v) is 5.74. The highest BCUT2D eigenvalue weighted by molar-refractivity contribution is 5.84. The van der Waals surface area contributed by atoms with Crippen LogP contribution in [0.3, 0.4) is 0 Å². The maximum absolute atomic E-state index is 11.6. The minimum atomic E-state index is -1.07. The standard InChI is InChI=1S/C15H19NO4/c1-9(17)16(4)12(14(18)19)11-7-5-6-10-8-15(2,3)20-13(10)11/h5-7,12H,8H2,1-4H3,(H,18,19). The van der Waals surface area contributed by atoms with Gasteiger partial charge in [-0.05, 0) is 19.4 Å². The quantitative estimate of drug-likeness (QED) is 0.917. The van der Waals surface area contributed by atoms with Crippen molar-refractivity contribution in [2.75, 3.05) is 7.05 Å². The van der Waals surface area contributed by atoms with E-state index in [0.29, 0.717) is 11.3 Å². The first-order valence-electron chi connectivity index (χ1n) is 6.50. The Kier molecular flexibility index (Phi) is 3.46. The molecule has 1 heterocycles. The summed E-state index contributed by atoms with van der Waals surface area (Å²) in [5, 5.41) is 9.46. The number of aliphatic carboxylic acids is 1. The number of hydrogen-bond donors (Lipinski definition) is 1. The van der Waals surface area contributed by atoms with E-state index in [1.165, 1.54) is 18.9 Å². The van der Waals surface area contributed by atoms with Crippen molar-refractivity contribution in [1.29, 1.82) is 0 Å². The highest BCUT2D eigenvalue weighted by Crippen LogP contribution is 2.41. The number of carboxylic acid groups (broad SMARTS) is 1. The normalized spacial score (nSPS) is 17.0. The van der Waals surface area contributed by atoms with E-state index in [9.17, 15) is 14.7 Å². The molecule has 20 heavy (non-hydrogen) atoms. The highest BCUT2D eigenvalue weighted by Gasteiger charge is 2.36. The number of rotatable bonds is 3. The van der Waals surface area contributed by atoms with Gasteiger partial charge in [-0.2, -0.15) is 0 Å². The smallest absolute Gasteiger partial charge is 0.331 e. The van der Waals surface area contributed by atoms with Gasteiger partial charge in [-0.1, -0.05) is 18.2 Å². The lowest BCUT2D eigenvalue weighted by Gasteiger charge is -2.26. The van der Waals surface area contributed by atoms with Crippen LogP contribution in [0.2, 0.25) is 0 Å². The van der Waals surface area contributed by atoms with Crippen LogP contribution >= 0.6 is 0 Å². The van der Waals surface area contributed by atoms with Gasteiger partial charge in [-0.25, -0.2) is 4.79 Å². The molecule has 0 fully saturated rings. The van der Waals surface area contributed by atoms with Crippen molar-refractivity contribution in [1.82, 2.24) is 4.90 Å². The average Bonchev–Trinajstić information content (AvgIpc) is 2.63. The summed E-state index contributed by atoms with van der Waals surface area (Å²) in [5.74, 6) is -0.769. The molecule has 0 aromatic heterocycles. The van der Waals surface area contributed by atoms with E-state index in [1.54, 1.807) is 6.07 Å². The van der Waals surface area contributed by atoms with Crippen LogP contribution in [0.1, 0.15) is 37.9 Å². The summed E-state index contributed by atoms with van der Waals surface area (Å²) in [6.07, 6.45) is 0.728. The van der Waals surface area contributed by atoms with Gasteiger partial charge in [0, 0.05) is 26.0 Å². The molecule has 0 aliphatic carbocycles. The van der Waals surface area contributed by atoms with E-state index in [4.69, 9.17) is 4.74 Å². The molecule has 1 aromatic carbocycles. The number of ether oxygens (including phenoxy) is 1. The van der Waals surface area contributed by atoms with Gasteiger partial charge in [0.25, 0.3) is 0 Å². The number of fused-ring (bicyclic) bond motifs is 1. The molecular formula is C15H19NO4. The topological polar surface area (TPSA) is 66.8 Å². The van der Waals surface area contributed by atoms with E-state index in [2.05, 4.69) is 0 Å². The number of likely N-dealkylation sites (N-methyl/N-ethyl adjacent to an activating group) is 1. The summed E-state index contributed by atoms with van der Waals surface area (Å²) in [6.45, 7) is 5.27. The van der Waals surface area contributed by atoms with Crippen LogP contribution < -0.4 is 4.74 Å². The van der Waals surface area contributed by atoms with E-state index in [0.717, 1.165) is 12.0 Å². The van der Waals surface area contributed by atoms with Crippen LogP contribution in [0.5, 0.6) is 5.75 Å². The first-order chi connectivity index (χ1) is 9.23. The molecule has 1 aromatic rings. The predicted molar refractivity (Wildman–Crippen MR) is 73.7 cm³/mol. The van der Waals surface area contributed by atoms with E-state index >= 15 is 0 Å². The Balaban J connectivity index is 2.50. The third kappa shape index (κ3) is 2.48. The molecule has 1 amide bonds. The molecule has 1 atom stereocenters. The number of hydrogen-bond acceptors (Lipinski definition) is 3. The fourth-order valence-corrected chi connectivity index (χ4v) is 2.54. The second-order valence-electron chi connectivity index (χ2n) is 5.74.